The quantitative estimate of drug-likeness (QED) is 0.214. The van der Waals surface area contributed by atoms with Gasteiger partial charge in [-0.05, 0) is 78.2 Å². The van der Waals surface area contributed by atoms with E-state index in [-0.39, 0.29) is 5.41 Å². The summed E-state index contributed by atoms with van der Waals surface area (Å²) in [5.74, 6) is 0. The van der Waals surface area contributed by atoms with Crippen LogP contribution in [0.4, 0.5) is 0 Å². The Bertz CT molecular complexity index is 1960. The van der Waals surface area contributed by atoms with E-state index in [1.54, 1.807) is 0 Å². The fraction of sp³-hybridized carbons (Fsp3) is 0.0256. The highest BCUT2D eigenvalue weighted by atomic mass is 14.5. The van der Waals surface area contributed by atoms with Crippen LogP contribution in [0.5, 0.6) is 0 Å². The van der Waals surface area contributed by atoms with Crippen LogP contribution in [0.1, 0.15) is 22.3 Å². The van der Waals surface area contributed by atoms with Gasteiger partial charge in [0.1, 0.15) is 0 Å². The molecule has 1 aliphatic carbocycles. The van der Waals surface area contributed by atoms with Crippen molar-refractivity contribution in [2.75, 3.05) is 0 Å². The van der Waals surface area contributed by atoms with Crippen LogP contribution in [-0.4, -0.2) is 0 Å². The molecule has 0 saturated heterocycles. The Morgan fingerprint density at radius 1 is 0.333 bits per heavy atom. The first kappa shape index (κ1) is 22.1. The van der Waals surface area contributed by atoms with Crippen molar-refractivity contribution >= 4 is 21.5 Å². The van der Waals surface area contributed by atoms with Gasteiger partial charge >= 0.3 is 0 Å². The van der Waals surface area contributed by atoms with Gasteiger partial charge in [0.15, 0.2) is 0 Å². The van der Waals surface area contributed by atoms with Gasteiger partial charge in [-0.3, -0.25) is 0 Å². The average Bonchev–Trinajstić information content (AvgIpc) is 3.32. The summed E-state index contributed by atoms with van der Waals surface area (Å²) in [6, 6.07) is 58.1. The Balaban J connectivity index is 1.43. The largest absolute Gasteiger partial charge is 0.0713 e. The van der Waals surface area contributed by atoms with E-state index in [1.807, 2.05) is 0 Å². The minimum absolute atomic E-state index is 0.381. The Kier molecular flexibility index (Phi) is 4.84. The topological polar surface area (TPSA) is 0 Å². The average molecular weight is 495 g/mol. The van der Waals surface area contributed by atoms with Crippen LogP contribution in [0.25, 0.3) is 43.8 Å². The van der Waals surface area contributed by atoms with Crippen molar-refractivity contribution in [1.82, 2.24) is 0 Å². The zero-order valence-corrected chi connectivity index (χ0v) is 21.5. The number of hydrogen-bond donors (Lipinski definition) is 0. The molecule has 39 heavy (non-hydrogen) atoms. The summed E-state index contributed by atoms with van der Waals surface area (Å²) >= 11 is 0. The smallest absolute Gasteiger partial charge is 0.0622 e. The van der Waals surface area contributed by atoms with Gasteiger partial charge in [0.2, 0.25) is 0 Å². The standard InChI is InChI=1S/C39H26/c1-3-12-31(13-4-1)39(32-14-5-2-6-15-32)37-18-10-9-17-34(37)35-24-23-30(26-38(35)39)29-22-21-28-20-19-27-11-7-8-16-33(27)36(28)25-29/h1-26H. The van der Waals surface area contributed by atoms with E-state index in [4.69, 9.17) is 0 Å². The first-order valence-electron chi connectivity index (χ1n) is 13.6. The molecular weight excluding hydrogens is 468 g/mol. The van der Waals surface area contributed by atoms with Crippen molar-refractivity contribution in [3.8, 4) is 22.3 Å². The molecule has 0 aliphatic heterocycles. The van der Waals surface area contributed by atoms with Crippen molar-refractivity contribution in [2.24, 2.45) is 0 Å². The summed E-state index contributed by atoms with van der Waals surface area (Å²) in [5, 5.41) is 5.15. The Hall–Kier alpha value is -4.94. The maximum atomic E-state index is 2.45. The minimum Gasteiger partial charge on any atom is -0.0622 e. The normalized spacial score (nSPS) is 13.3. The van der Waals surface area contributed by atoms with Gasteiger partial charge in [0.25, 0.3) is 0 Å². The first-order chi connectivity index (χ1) is 19.3. The second-order valence-corrected chi connectivity index (χ2v) is 10.5. The van der Waals surface area contributed by atoms with E-state index in [2.05, 4.69) is 158 Å². The summed E-state index contributed by atoms with van der Waals surface area (Å²) in [7, 11) is 0. The third-order valence-electron chi connectivity index (χ3n) is 8.54. The molecule has 7 aromatic rings. The highest BCUT2D eigenvalue weighted by molar-refractivity contribution is 6.08. The molecule has 0 spiro atoms. The van der Waals surface area contributed by atoms with Crippen molar-refractivity contribution < 1.29 is 0 Å². The third kappa shape index (κ3) is 3.19. The monoisotopic (exact) mass is 494 g/mol. The fourth-order valence-corrected chi connectivity index (χ4v) is 6.81. The third-order valence-corrected chi connectivity index (χ3v) is 8.54. The molecule has 0 atom stereocenters. The Morgan fingerprint density at radius 3 is 1.64 bits per heavy atom. The van der Waals surface area contributed by atoms with Crippen molar-refractivity contribution in [3.05, 3.63) is 180 Å². The number of fused-ring (bicyclic) bond motifs is 6. The van der Waals surface area contributed by atoms with Crippen LogP contribution >= 0.6 is 0 Å². The van der Waals surface area contributed by atoms with Gasteiger partial charge in [0, 0.05) is 0 Å². The van der Waals surface area contributed by atoms with E-state index in [0.717, 1.165) is 0 Å². The first-order valence-corrected chi connectivity index (χ1v) is 13.6. The zero-order valence-electron chi connectivity index (χ0n) is 21.5. The molecule has 8 rings (SSSR count). The molecule has 0 aromatic heterocycles. The molecule has 0 heteroatoms. The van der Waals surface area contributed by atoms with Crippen molar-refractivity contribution in [1.29, 1.82) is 0 Å². The number of benzene rings is 7. The molecule has 0 unspecified atom stereocenters. The lowest BCUT2D eigenvalue weighted by Crippen LogP contribution is -2.28. The molecule has 1 aliphatic rings. The highest BCUT2D eigenvalue weighted by Crippen LogP contribution is 2.56. The molecule has 182 valence electrons. The zero-order chi connectivity index (χ0) is 25.8. The van der Waals surface area contributed by atoms with Crippen LogP contribution in [-0.2, 0) is 5.41 Å². The lowest BCUT2D eigenvalue weighted by Gasteiger charge is -2.34. The van der Waals surface area contributed by atoms with Crippen molar-refractivity contribution in [3.63, 3.8) is 0 Å². The maximum absolute atomic E-state index is 2.45. The molecule has 0 amide bonds. The van der Waals surface area contributed by atoms with Crippen LogP contribution in [0.3, 0.4) is 0 Å². The van der Waals surface area contributed by atoms with Gasteiger partial charge in [-0.1, -0.05) is 146 Å². The molecule has 0 N–H and O–H groups in total. The van der Waals surface area contributed by atoms with Gasteiger partial charge < -0.3 is 0 Å². The highest BCUT2D eigenvalue weighted by Gasteiger charge is 2.45. The van der Waals surface area contributed by atoms with Crippen LogP contribution in [0.15, 0.2) is 158 Å². The van der Waals surface area contributed by atoms with Gasteiger partial charge in [-0.15, -0.1) is 0 Å². The van der Waals surface area contributed by atoms with E-state index >= 15 is 0 Å². The van der Waals surface area contributed by atoms with Crippen LogP contribution in [0.2, 0.25) is 0 Å². The fourth-order valence-electron chi connectivity index (χ4n) is 6.81. The number of hydrogen-bond acceptors (Lipinski definition) is 0. The molecule has 0 heterocycles. The summed E-state index contributed by atoms with van der Waals surface area (Å²) in [6.07, 6.45) is 0. The van der Waals surface area contributed by atoms with E-state index in [1.165, 1.54) is 66.1 Å². The summed E-state index contributed by atoms with van der Waals surface area (Å²) < 4.78 is 0. The van der Waals surface area contributed by atoms with Gasteiger partial charge in [-0.25, -0.2) is 0 Å². The number of rotatable bonds is 3. The summed E-state index contributed by atoms with van der Waals surface area (Å²) in [5.41, 5.74) is 10.0. The molecule has 0 bridgehead atoms. The van der Waals surface area contributed by atoms with Crippen LogP contribution in [0, 0.1) is 0 Å². The van der Waals surface area contributed by atoms with E-state index in [0.29, 0.717) is 0 Å². The molecule has 0 radical (unpaired) electrons. The summed E-state index contributed by atoms with van der Waals surface area (Å²) in [4.78, 5) is 0. The predicted molar refractivity (Wildman–Crippen MR) is 164 cm³/mol. The predicted octanol–water partition coefficient (Wildman–Crippen LogP) is 10.0. The lowest BCUT2D eigenvalue weighted by atomic mass is 9.67. The molecule has 7 aromatic carbocycles. The maximum Gasteiger partial charge on any atom is 0.0713 e. The molecule has 0 saturated carbocycles. The second-order valence-electron chi connectivity index (χ2n) is 10.5. The van der Waals surface area contributed by atoms with Gasteiger partial charge in [0.05, 0.1) is 5.41 Å². The van der Waals surface area contributed by atoms with Crippen LogP contribution < -0.4 is 0 Å². The van der Waals surface area contributed by atoms with E-state index < -0.39 is 0 Å². The van der Waals surface area contributed by atoms with Gasteiger partial charge in [-0.2, -0.15) is 0 Å². The van der Waals surface area contributed by atoms with Crippen molar-refractivity contribution in [2.45, 2.75) is 5.41 Å². The lowest BCUT2D eigenvalue weighted by molar-refractivity contribution is 0.769. The molecular formula is C39H26. The SMILES string of the molecule is c1ccc(C2(c3ccccc3)c3ccccc3-c3ccc(-c4ccc5ccc6ccccc6c5c4)cc32)cc1. The van der Waals surface area contributed by atoms with E-state index in [9.17, 15) is 0 Å². The molecule has 0 nitrogen and oxygen atoms in total. The second kappa shape index (κ2) is 8.55. The Labute approximate surface area is 228 Å². The summed E-state index contributed by atoms with van der Waals surface area (Å²) in [6.45, 7) is 0. The Morgan fingerprint density at radius 2 is 0.872 bits per heavy atom. The minimum atomic E-state index is -0.381. The molecule has 0 fully saturated rings.